The van der Waals surface area contributed by atoms with E-state index in [1.165, 1.54) is 31.4 Å². The van der Waals surface area contributed by atoms with E-state index in [0.29, 0.717) is 6.42 Å². The van der Waals surface area contributed by atoms with Gasteiger partial charge in [0.2, 0.25) is 5.78 Å². The maximum Gasteiger partial charge on any atom is 0.316 e. The number of rotatable bonds is 5. The molecule has 0 saturated carbocycles. The molecule has 3 aliphatic rings. The molecule has 11 nitrogen and oxygen atoms in total. The normalized spacial score (nSPS) is 30.9. The Balaban J connectivity index is 1.69. The zero-order chi connectivity index (χ0) is 30.0. The smallest absolute Gasteiger partial charge is 0.316 e. The highest BCUT2D eigenvalue weighted by atomic mass is 16.7. The minimum absolute atomic E-state index is 0.0359. The van der Waals surface area contributed by atoms with Gasteiger partial charge >= 0.3 is 5.97 Å². The lowest BCUT2D eigenvalue weighted by molar-refractivity contribution is -0.893. The van der Waals surface area contributed by atoms with Crippen molar-refractivity contribution in [1.82, 2.24) is 0 Å². The topological polar surface area (TPSA) is 164 Å². The van der Waals surface area contributed by atoms with Gasteiger partial charge < -0.3 is 39.5 Å². The third-order valence-corrected chi connectivity index (χ3v) is 8.88. The first kappa shape index (κ1) is 29.2. The van der Waals surface area contributed by atoms with Crippen molar-refractivity contribution in [1.29, 1.82) is 0 Å². The van der Waals surface area contributed by atoms with Crippen LogP contribution in [0.15, 0.2) is 24.3 Å². The van der Waals surface area contributed by atoms with Gasteiger partial charge in [-0.2, -0.15) is 0 Å². The van der Waals surface area contributed by atoms with Crippen molar-refractivity contribution in [3.05, 3.63) is 57.6 Å². The summed E-state index contributed by atoms with van der Waals surface area (Å²) >= 11 is 0. The van der Waals surface area contributed by atoms with Crippen LogP contribution < -0.4 is 4.90 Å². The van der Waals surface area contributed by atoms with E-state index in [2.05, 4.69) is 0 Å². The molecule has 1 fully saturated rings. The number of aromatic hydroxyl groups is 2. The molecule has 0 unspecified atom stereocenters. The molecule has 1 saturated heterocycles. The van der Waals surface area contributed by atoms with Crippen LogP contribution in [0.3, 0.4) is 0 Å². The minimum Gasteiger partial charge on any atom is -0.507 e. The van der Waals surface area contributed by atoms with Crippen LogP contribution in [0.2, 0.25) is 0 Å². The van der Waals surface area contributed by atoms with Gasteiger partial charge in [0, 0.05) is 23.1 Å². The zero-order valence-corrected chi connectivity index (χ0v) is 23.6. The van der Waals surface area contributed by atoms with Crippen molar-refractivity contribution in [2.45, 2.75) is 75.3 Å². The number of phenols is 2. The van der Waals surface area contributed by atoms with Gasteiger partial charge in [-0.15, -0.1) is 0 Å². The second kappa shape index (κ2) is 10.5. The fourth-order valence-corrected chi connectivity index (χ4v) is 6.59. The number of phenolic OH excluding ortho intramolecular Hbond substituents is 2. The molecule has 1 aliphatic heterocycles. The number of methoxy groups -OCH3 is 1. The molecular formula is C30H36NO10+. The van der Waals surface area contributed by atoms with Gasteiger partial charge in [0.15, 0.2) is 12.1 Å². The van der Waals surface area contributed by atoms with Crippen molar-refractivity contribution in [2.75, 3.05) is 21.2 Å². The maximum atomic E-state index is 13.6. The number of aliphatic hydroxyl groups is 2. The molecule has 5 rings (SSSR count). The number of hydrogen-bond donors (Lipinski definition) is 5. The number of esters is 1. The molecule has 5 N–H and O–H groups in total. The molecule has 7 atom stereocenters. The Labute approximate surface area is 237 Å². The Bertz CT molecular complexity index is 1420. The zero-order valence-electron chi connectivity index (χ0n) is 23.6. The van der Waals surface area contributed by atoms with Crippen LogP contribution in [0.25, 0.3) is 0 Å². The van der Waals surface area contributed by atoms with Crippen molar-refractivity contribution in [3.63, 3.8) is 0 Å². The lowest BCUT2D eigenvalue weighted by atomic mass is 9.67. The number of hydrogen-bond acceptors (Lipinski definition) is 10. The summed E-state index contributed by atoms with van der Waals surface area (Å²) in [5.74, 6) is -4.40. The Hall–Kier alpha value is -3.35. The molecule has 0 bridgehead atoms. The molecule has 2 aromatic carbocycles. The van der Waals surface area contributed by atoms with E-state index in [9.17, 15) is 34.8 Å². The lowest BCUT2D eigenvalue weighted by Gasteiger charge is -2.45. The second-order valence-electron chi connectivity index (χ2n) is 11.4. The third kappa shape index (κ3) is 4.52. The lowest BCUT2D eigenvalue weighted by Crippen LogP contribution is -3.12. The third-order valence-electron chi connectivity index (χ3n) is 8.88. The van der Waals surface area contributed by atoms with Crippen LogP contribution in [-0.4, -0.2) is 89.3 Å². The Morgan fingerprint density at radius 1 is 1.15 bits per heavy atom. The standard InChI is InChI=1S/C30H35NO10/c1-6-30(38)12-19(41-20-11-17(31(3)4)25(33)13(2)40-20)22-15(24(30)29(37)39-5)10-16-23(28(22)36)27(35)21-14(26(16)34)8-7-9-18(21)32/h7-10,13,17,19-20,24-25,32-33,36,38H,6,11-12H2,1-5H3/p+1/t13-,17-,19-,20+,24-,25+,30+/m0/s1. The highest BCUT2D eigenvalue weighted by molar-refractivity contribution is 6.30. The summed E-state index contributed by atoms with van der Waals surface area (Å²) in [6.45, 7) is 3.42. The molecule has 0 aromatic heterocycles. The number of quaternary nitrogens is 1. The minimum atomic E-state index is -1.69. The Morgan fingerprint density at radius 3 is 2.49 bits per heavy atom. The van der Waals surface area contributed by atoms with Crippen molar-refractivity contribution < 1.29 is 53.9 Å². The van der Waals surface area contributed by atoms with Crippen molar-refractivity contribution >= 4 is 17.5 Å². The number of fused-ring (bicyclic) bond motifs is 3. The predicted octanol–water partition coefficient (Wildman–Crippen LogP) is 0.741. The number of ketones is 2. The van der Waals surface area contributed by atoms with Crippen LogP contribution in [0.1, 0.15) is 88.1 Å². The summed E-state index contributed by atoms with van der Waals surface area (Å²) in [7, 11) is 4.99. The van der Waals surface area contributed by atoms with E-state index in [1.807, 2.05) is 14.1 Å². The van der Waals surface area contributed by atoms with Crippen molar-refractivity contribution in [3.8, 4) is 11.5 Å². The van der Waals surface area contributed by atoms with E-state index >= 15 is 0 Å². The molecule has 2 aromatic rings. The summed E-state index contributed by atoms with van der Waals surface area (Å²) < 4.78 is 17.4. The maximum absolute atomic E-state index is 13.6. The van der Waals surface area contributed by atoms with Gasteiger partial charge in [-0.3, -0.25) is 14.4 Å². The molecule has 41 heavy (non-hydrogen) atoms. The number of ether oxygens (including phenoxy) is 3. The quantitative estimate of drug-likeness (QED) is 0.277. The van der Waals surface area contributed by atoms with Crippen LogP contribution in [0.4, 0.5) is 0 Å². The fraction of sp³-hybridized carbons (Fsp3) is 0.500. The monoisotopic (exact) mass is 570 g/mol. The van der Waals surface area contributed by atoms with E-state index < -0.39 is 65.2 Å². The number of likely N-dealkylation sites (N-methyl/N-ethyl adjacent to an activating group) is 1. The first-order valence-electron chi connectivity index (χ1n) is 13.7. The highest BCUT2D eigenvalue weighted by Crippen LogP contribution is 2.53. The fourth-order valence-electron chi connectivity index (χ4n) is 6.59. The largest absolute Gasteiger partial charge is 0.507 e. The van der Waals surface area contributed by atoms with Crippen molar-refractivity contribution in [2.24, 2.45) is 0 Å². The number of aliphatic hydroxyl groups excluding tert-OH is 1. The Morgan fingerprint density at radius 2 is 1.85 bits per heavy atom. The van der Waals surface area contributed by atoms with Crippen LogP contribution in [0.5, 0.6) is 11.5 Å². The molecule has 220 valence electrons. The summed E-state index contributed by atoms with van der Waals surface area (Å²) in [5.41, 5.74) is -2.24. The summed E-state index contributed by atoms with van der Waals surface area (Å²) in [5, 5.41) is 44.5. The molecule has 0 radical (unpaired) electrons. The second-order valence-corrected chi connectivity index (χ2v) is 11.4. The van der Waals surface area contributed by atoms with Gasteiger partial charge in [0.05, 0.1) is 56.6 Å². The first-order valence-corrected chi connectivity index (χ1v) is 13.7. The van der Waals surface area contributed by atoms with E-state index in [4.69, 9.17) is 14.2 Å². The van der Waals surface area contributed by atoms with Crippen LogP contribution in [0, 0.1) is 0 Å². The van der Waals surface area contributed by atoms with Crippen LogP contribution in [-0.2, 0) is 19.0 Å². The molecule has 0 amide bonds. The van der Waals surface area contributed by atoms with E-state index in [1.54, 1.807) is 13.8 Å². The van der Waals surface area contributed by atoms with E-state index in [-0.39, 0.29) is 52.3 Å². The SMILES string of the molecule is CC[C@@]1(O)C[C@H](O[C@@H]2C[C@H]([NH+](C)C)[C@H](O)[C@H](C)O2)c2c(cc3c(c2O)C(=O)c2c(O)cccc2C3=O)[C@H]1C(=O)OC. The number of carbonyl (C=O) groups excluding carboxylic acids is 3. The number of benzene rings is 2. The number of carbonyl (C=O) groups is 3. The van der Waals surface area contributed by atoms with Gasteiger partial charge in [-0.25, -0.2) is 0 Å². The van der Waals surface area contributed by atoms with Crippen LogP contribution >= 0.6 is 0 Å². The molecule has 0 spiro atoms. The molecule has 2 aliphatic carbocycles. The predicted molar refractivity (Wildman–Crippen MR) is 143 cm³/mol. The average molecular weight is 571 g/mol. The van der Waals surface area contributed by atoms with Gasteiger partial charge in [0.25, 0.3) is 0 Å². The molecule has 11 heteroatoms. The highest BCUT2D eigenvalue weighted by Gasteiger charge is 2.53. The summed E-state index contributed by atoms with van der Waals surface area (Å²) in [6.07, 6.45) is -2.96. The van der Waals surface area contributed by atoms with Gasteiger partial charge in [-0.05, 0) is 31.0 Å². The molecular weight excluding hydrogens is 534 g/mol. The Kier molecular flexibility index (Phi) is 7.46. The summed E-state index contributed by atoms with van der Waals surface area (Å²) in [6, 6.07) is 5.24. The summed E-state index contributed by atoms with van der Waals surface area (Å²) in [4.78, 5) is 41.3. The van der Waals surface area contributed by atoms with Gasteiger partial charge in [-0.1, -0.05) is 19.1 Å². The molecule has 1 heterocycles. The average Bonchev–Trinajstić information content (AvgIpc) is 2.92. The van der Waals surface area contributed by atoms with E-state index in [0.717, 1.165) is 4.90 Å². The van der Waals surface area contributed by atoms with Gasteiger partial charge in [0.1, 0.15) is 29.6 Å². The number of nitrogens with one attached hydrogen (secondary N) is 1. The first-order chi connectivity index (χ1) is 19.3.